The second kappa shape index (κ2) is 9.29. The van der Waals surface area contributed by atoms with Crippen molar-refractivity contribution >= 4 is 37.5 Å². The maximum Gasteiger partial charge on any atom is 0.242 e. The van der Waals surface area contributed by atoms with E-state index in [2.05, 4.69) is 26.6 Å². The number of nitrogens with zero attached hydrogens (tertiary/aromatic N) is 5. The minimum atomic E-state index is -3.58. The molecule has 0 aliphatic heterocycles. The van der Waals surface area contributed by atoms with Gasteiger partial charge in [-0.05, 0) is 42.7 Å². The van der Waals surface area contributed by atoms with E-state index in [1.165, 1.54) is 26.2 Å². The predicted octanol–water partition coefficient (Wildman–Crippen LogP) is 3.04. The summed E-state index contributed by atoms with van der Waals surface area (Å²) in [6, 6.07) is 11.4. The molecule has 1 amide bonds. The van der Waals surface area contributed by atoms with Crippen LogP contribution in [0.1, 0.15) is 29.6 Å². The summed E-state index contributed by atoms with van der Waals surface area (Å²) in [4.78, 5) is 16.7. The summed E-state index contributed by atoms with van der Waals surface area (Å²) in [5, 5.41) is 20.2. The zero-order valence-corrected chi connectivity index (χ0v) is 21.5. The molecule has 1 saturated carbocycles. The minimum Gasteiger partial charge on any atom is -0.424 e. The standard InChI is InChI=1S/C24H21FN6O4S2/c1-31(2)37(33,34)15-5-3-14(4-6-15)16-7-8-17-23(22(16)25)36-21(27-17)12-20-30-29-19(35-20)11-18(32)28-24(13-26)9-10-24/h3-8H,9-12H2,1-2H3,(H,28,32). The summed E-state index contributed by atoms with van der Waals surface area (Å²) in [6.45, 7) is 0. The van der Waals surface area contributed by atoms with Crippen LogP contribution in [0.2, 0.25) is 0 Å². The second-order valence-electron chi connectivity index (χ2n) is 8.88. The summed E-state index contributed by atoms with van der Waals surface area (Å²) in [5.41, 5.74) is 0.568. The summed E-state index contributed by atoms with van der Waals surface area (Å²) in [7, 11) is -0.685. The predicted molar refractivity (Wildman–Crippen MR) is 132 cm³/mol. The first kappa shape index (κ1) is 24.9. The molecule has 2 aromatic carbocycles. The third kappa shape index (κ3) is 4.95. The molecule has 1 fully saturated rings. The lowest BCUT2D eigenvalue weighted by Crippen LogP contribution is -2.36. The van der Waals surface area contributed by atoms with Crippen molar-refractivity contribution < 1.29 is 22.0 Å². The molecule has 5 rings (SSSR count). The lowest BCUT2D eigenvalue weighted by atomic mass is 10.1. The first-order valence-electron chi connectivity index (χ1n) is 11.2. The number of rotatable bonds is 8. The summed E-state index contributed by atoms with van der Waals surface area (Å²) in [6.07, 6.45) is 1.29. The number of carbonyl (C=O) groups excluding carboxylic acids is 1. The number of sulfonamides is 1. The molecule has 0 atom stereocenters. The Morgan fingerprint density at radius 3 is 2.54 bits per heavy atom. The van der Waals surface area contributed by atoms with Crippen LogP contribution in [0.4, 0.5) is 4.39 Å². The van der Waals surface area contributed by atoms with E-state index in [1.807, 2.05) is 0 Å². The van der Waals surface area contributed by atoms with Gasteiger partial charge in [-0.2, -0.15) is 5.26 Å². The zero-order valence-electron chi connectivity index (χ0n) is 19.9. The topological polar surface area (TPSA) is 142 Å². The number of nitrogens with one attached hydrogen (secondary N) is 1. The SMILES string of the molecule is CN(C)S(=O)(=O)c1ccc(-c2ccc3nc(Cc4nnc(CC(=O)NC5(C#N)CC5)o4)sc3c2F)cc1. The van der Waals surface area contributed by atoms with E-state index < -0.39 is 21.4 Å². The van der Waals surface area contributed by atoms with Gasteiger partial charge in [0.1, 0.15) is 22.8 Å². The molecule has 0 unspecified atom stereocenters. The Balaban J connectivity index is 1.32. The Morgan fingerprint density at radius 1 is 1.19 bits per heavy atom. The van der Waals surface area contributed by atoms with E-state index in [0.29, 0.717) is 39.2 Å². The first-order valence-corrected chi connectivity index (χ1v) is 13.5. The number of benzene rings is 2. The third-order valence-corrected chi connectivity index (χ3v) is 8.84. The van der Waals surface area contributed by atoms with Crippen LogP contribution in [0.25, 0.3) is 21.3 Å². The van der Waals surface area contributed by atoms with Gasteiger partial charge in [0.25, 0.3) is 0 Å². The third-order valence-electron chi connectivity index (χ3n) is 5.95. The maximum absolute atomic E-state index is 15.4. The van der Waals surface area contributed by atoms with Gasteiger partial charge in [-0.15, -0.1) is 21.5 Å². The average molecular weight is 541 g/mol. The Morgan fingerprint density at radius 2 is 1.89 bits per heavy atom. The molecule has 2 aromatic heterocycles. The quantitative estimate of drug-likeness (QED) is 0.359. The number of fused-ring (bicyclic) bond motifs is 1. The Bertz CT molecular complexity index is 1650. The highest BCUT2D eigenvalue weighted by Gasteiger charge is 2.44. The molecule has 37 heavy (non-hydrogen) atoms. The van der Waals surface area contributed by atoms with Crippen molar-refractivity contribution in [1.29, 1.82) is 5.26 Å². The van der Waals surface area contributed by atoms with E-state index in [0.717, 1.165) is 15.6 Å². The van der Waals surface area contributed by atoms with Crippen LogP contribution in [0.5, 0.6) is 0 Å². The van der Waals surface area contributed by atoms with Gasteiger partial charge in [-0.25, -0.2) is 22.1 Å². The fourth-order valence-corrected chi connectivity index (χ4v) is 5.62. The van der Waals surface area contributed by atoms with E-state index in [4.69, 9.17) is 9.68 Å². The van der Waals surface area contributed by atoms with Gasteiger partial charge in [0.2, 0.25) is 27.7 Å². The minimum absolute atomic E-state index is 0.121. The van der Waals surface area contributed by atoms with Gasteiger partial charge in [0.15, 0.2) is 0 Å². The number of aromatic nitrogens is 3. The lowest BCUT2D eigenvalue weighted by molar-refractivity contribution is -0.121. The van der Waals surface area contributed by atoms with E-state index in [-0.39, 0.29) is 35.4 Å². The van der Waals surface area contributed by atoms with Gasteiger partial charge in [0, 0.05) is 19.7 Å². The molecule has 10 nitrogen and oxygen atoms in total. The summed E-state index contributed by atoms with van der Waals surface area (Å²) in [5.74, 6) is -0.466. The molecule has 0 spiro atoms. The van der Waals surface area contributed by atoms with Gasteiger partial charge in [0.05, 0.1) is 27.6 Å². The van der Waals surface area contributed by atoms with Crippen molar-refractivity contribution in [3.05, 3.63) is 59.0 Å². The molecule has 1 aliphatic carbocycles. The number of halogens is 1. The molecule has 1 aliphatic rings. The van der Waals surface area contributed by atoms with E-state index >= 15 is 4.39 Å². The monoisotopic (exact) mass is 540 g/mol. The molecule has 0 radical (unpaired) electrons. The number of carbonyl (C=O) groups is 1. The normalized spacial score (nSPS) is 14.6. The summed E-state index contributed by atoms with van der Waals surface area (Å²) >= 11 is 1.15. The molecule has 0 bridgehead atoms. The van der Waals surface area contributed by atoms with Crippen LogP contribution in [0.15, 0.2) is 45.7 Å². The summed E-state index contributed by atoms with van der Waals surface area (Å²) < 4.78 is 47.0. The highest BCUT2D eigenvalue weighted by Crippen LogP contribution is 2.35. The molecular formula is C24H21FN6O4S2. The molecule has 190 valence electrons. The second-order valence-corrected chi connectivity index (χ2v) is 12.1. The maximum atomic E-state index is 15.4. The van der Waals surface area contributed by atoms with Crippen LogP contribution in [0, 0.1) is 17.1 Å². The van der Waals surface area contributed by atoms with Crippen LogP contribution in [0.3, 0.4) is 0 Å². The van der Waals surface area contributed by atoms with Crippen molar-refractivity contribution in [2.75, 3.05) is 14.1 Å². The molecule has 4 aromatic rings. The number of hydrogen-bond donors (Lipinski definition) is 1. The van der Waals surface area contributed by atoms with E-state index in [1.54, 1.807) is 24.3 Å². The molecular weight excluding hydrogens is 519 g/mol. The van der Waals surface area contributed by atoms with Crippen molar-refractivity contribution in [2.45, 2.75) is 36.1 Å². The average Bonchev–Trinajstić information content (AvgIpc) is 3.29. The number of hydrogen-bond acceptors (Lipinski definition) is 9. The largest absolute Gasteiger partial charge is 0.424 e. The van der Waals surface area contributed by atoms with Gasteiger partial charge < -0.3 is 9.73 Å². The number of amides is 1. The van der Waals surface area contributed by atoms with Crippen molar-refractivity contribution in [1.82, 2.24) is 24.8 Å². The molecule has 2 heterocycles. The fourth-order valence-electron chi connectivity index (χ4n) is 3.72. The van der Waals surface area contributed by atoms with Crippen LogP contribution >= 0.6 is 11.3 Å². The zero-order chi connectivity index (χ0) is 26.4. The number of thiazole rings is 1. The van der Waals surface area contributed by atoms with Crippen LogP contribution in [-0.2, 0) is 27.7 Å². The Labute approximate surface area is 215 Å². The van der Waals surface area contributed by atoms with Crippen molar-refractivity contribution in [3.8, 4) is 17.2 Å². The first-order chi connectivity index (χ1) is 17.6. The lowest BCUT2D eigenvalue weighted by Gasteiger charge is -2.12. The van der Waals surface area contributed by atoms with Gasteiger partial charge >= 0.3 is 0 Å². The van der Waals surface area contributed by atoms with Crippen LogP contribution < -0.4 is 5.32 Å². The highest BCUT2D eigenvalue weighted by molar-refractivity contribution is 7.89. The van der Waals surface area contributed by atoms with Crippen molar-refractivity contribution in [3.63, 3.8) is 0 Å². The molecule has 0 saturated heterocycles. The van der Waals surface area contributed by atoms with Gasteiger partial charge in [-0.1, -0.05) is 12.1 Å². The van der Waals surface area contributed by atoms with Crippen LogP contribution in [-0.4, -0.2) is 53.4 Å². The van der Waals surface area contributed by atoms with Crippen molar-refractivity contribution in [2.24, 2.45) is 0 Å². The van der Waals surface area contributed by atoms with E-state index in [9.17, 15) is 13.2 Å². The smallest absolute Gasteiger partial charge is 0.242 e. The fraction of sp³-hybridized carbons (Fsp3) is 0.292. The highest BCUT2D eigenvalue weighted by atomic mass is 32.2. The molecule has 13 heteroatoms. The Kier molecular flexibility index (Phi) is 6.26. The Hall–Kier alpha value is -3.73. The molecule has 1 N–H and O–H groups in total. The van der Waals surface area contributed by atoms with Gasteiger partial charge in [-0.3, -0.25) is 4.79 Å². The number of nitriles is 1.